The Labute approximate surface area is 153 Å². The van der Waals surface area contributed by atoms with Gasteiger partial charge in [0.05, 0.1) is 12.1 Å². The average molecular weight is 359 g/mol. The van der Waals surface area contributed by atoms with Gasteiger partial charge < -0.3 is 9.80 Å². The molecule has 0 bridgehead atoms. The van der Waals surface area contributed by atoms with E-state index in [2.05, 4.69) is 46.1 Å². The molecule has 0 atom stereocenters. The smallest absolute Gasteiger partial charge is 0.228 e. The van der Waals surface area contributed by atoms with Crippen molar-refractivity contribution < 1.29 is 4.79 Å². The second kappa shape index (κ2) is 8.08. The van der Waals surface area contributed by atoms with E-state index in [1.807, 2.05) is 5.38 Å². The number of thiazole rings is 1. The normalized spacial score (nSPS) is 16.1. The molecule has 1 saturated heterocycles. The molecule has 1 aliphatic rings. The molecule has 0 N–H and O–H groups in total. The molecule has 0 unspecified atom stereocenters. The van der Waals surface area contributed by atoms with Crippen molar-refractivity contribution in [2.45, 2.75) is 13.0 Å². The Morgan fingerprint density at radius 3 is 2.48 bits per heavy atom. The molecule has 0 radical (unpaired) electrons. The van der Waals surface area contributed by atoms with Gasteiger partial charge in [0.2, 0.25) is 5.91 Å². The molecule has 5 nitrogen and oxygen atoms in total. The van der Waals surface area contributed by atoms with Crippen LogP contribution in [0.15, 0.2) is 29.6 Å². The summed E-state index contributed by atoms with van der Waals surface area (Å²) in [6.45, 7) is 5.56. The maximum absolute atomic E-state index is 11.8. The van der Waals surface area contributed by atoms with Crippen molar-refractivity contribution in [1.82, 2.24) is 19.7 Å². The zero-order chi connectivity index (χ0) is 17.8. The van der Waals surface area contributed by atoms with Crippen molar-refractivity contribution >= 4 is 17.2 Å². The van der Waals surface area contributed by atoms with Crippen LogP contribution in [-0.4, -0.2) is 72.9 Å². The Kier molecular flexibility index (Phi) is 5.83. The van der Waals surface area contributed by atoms with Gasteiger partial charge >= 0.3 is 0 Å². The van der Waals surface area contributed by atoms with E-state index in [9.17, 15) is 4.79 Å². The lowest BCUT2D eigenvalue weighted by molar-refractivity contribution is -0.128. The van der Waals surface area contributed by atoms with Crippen molar-refractivity contribution in [1.29, 1.82) is 0 Å². The van der Waals surface area contributed by atoms with Gasteiger partial charge in [-0.2, -0.15) is 0 Å². The highest BCUT2D eigenvalue weighted by atomic mass is 32.1. The summed E-state index contributed by atoms with van der Waals surface area (Å²) in [6.07, 6.45) is 0.366. The van der Waals surface area contributed by atoms with E-state index in [-0.39, 0.29) is 5.91 Å². The van der Waals surface area contributed by atoms with Crippen molar-refractivity contribution in [2.24, 2.45) is 0 Å². The van der Waals surface area contributed by atoms with E-state index in [0.717, 1.165) is 49.0 Å². The number of nitrogens with zero attached hydrogens (tertiary/aromatic N) is 4. The molecule has 2 heterocycles. The minimum Gasteiger partial charge on any atom is -0.348 e. The van der Waals surface area contributed by atoms with Crippen LogP contribution in [0.25, 0.3) is 10.6 Å². The number of amides is 1. The first-order valence-corrected chi connectivity index (χ1v) is 9.54. The molecule has 3 rings (SSSR count). The first-order chi connectivity index (χ1) is 12.0. The van der Waals surface area contributed by atoms with Gasteiger partial charge in [-0.15, -0.1) is 11.3 Å². The second-order valence-corrected chi connectivity index (χ2v) is 7.74. The van der Waals surface area contributed by atoms with Gasteiger partial charge in [0.15, 0.2) is 0 Å². The van der Waals surface area contributed by atoms with Crippen LogP contribution in [0.4, 0.5) is 0 Å². The predicted octanol–water partition coefficient (Wildman–Crippen LogP) is 2.19. The molecule has 0 spiro atoms. The highest BCUT2D eigenvalue weighted by molar-refractivity contribution is 7.13. The molecule has 0 aliphatic carbocycles. The van der Waals surface area contributed by atoms with Crippen molar-refractivity contribution in [3.05, 3.63) is 40.9 Å². The predicted molar refractivity (Wildman–Crippen MR) is 103 cm³/mol. The van der Waals surface area contributed by atoms with Crippen LogP contribution in [0.3, 0.4) is 0 Å². The van der Waals surface area contributed by atoms with Crippen LogP contribution in [0.1, 0.15) is 11.3 Å². The van der Waals surface area contributed by atoms with Gasteiger partial charge in [0.1, 0.15) is 5.01 Å². The monoisotopic (exact) mass is 358 g/mol. The minimum absolute atomic E-state index is 0.0828. The fourth-order valence-electron chi connectivity index (χ4n) is 2.85. The van der Waals surface area contributed by atoms with E-state index in [0.29, 0.717) is 6.42 Å². The Morgan fingerprint density at radius 2 is 1.84 bits per heavy atom. The average Bonchev–Trinajstić information content (AvgIpc) is 3.06. The third kappa shape index (κ3) is 4.87. The number of rotatable bonds is 5. The quantitative estimate of drug-likeness (QED) is 0.821. The molecule has 1 aromatic heterocycles. The molecule has 1 amide bonds. The summed E-state index contributed by atoms with van der Waals surface area (Å²) < 4.78 is 0. The molecule has 25 heavy (non-hydrogen) atoms. The lowest BCUT2D eigenvalue weighted by Gasteiger charge is -2.32. The van der Waals surface area contributed by atoms with E-state index in [1.165, 1.54) is 5.56 Å². The van der Waals surface area contributed by atoms with Crippen LogP contribution in [0.5, 0.6) is 0 Å². The maximum atomic E-state index is 11.8. The zero-order valence-electron chi connectivity index (χ0n) is 15.2. The summed E-state index contributed by atoms with van der Waals surface area (Å²) in [5, 5.41) is 2.96. The van der Waals surface area contributed by atoms with E-state index in [4.69, 9.17) is 0 Å². The number of carbonyl (C=O) groups is 1. The number of piperazine rings is 1. The van der Waals surface area contributed by atoms with Gasteiger partial charge in [0, 0.05) is 57.8 Å². The van der Waals surface area contributed by atoms with Crippen LogP contribution >= 0.6 is 11.3 Å². The molecular weight excluding hydrogens is 332 g/mol. The third-order valence-electron chi connectivity index (χ3n) is 4.59. The van der Waals surface area contributed by atoms with Crippen molar-refractivity contribution in [2.75, 3.05) is 47.3 Å². The molecule has 1 aliphatic heterocycles. The lowest BCUT2D eigenvalue weighted by Crippen LogP contribution is -2.43. The van der Waals surface area contributed by atoms with E-state index < -0.39 is 0 Å². The van der Waals surface area contributed by atoms with E-state index in [1.54, 1.807) is 30.3 Å². The summed E-state index contributed by atoms with van der Waals surface area (Å²) in [7, 11) is 5.73. The topological polar surface area (TPSA) is 39.7 Å². The third-order valence-corrected chi connectivity index (χ3v) is 5.53. The Morgan fingerprint density at radius 1 is 1.16 bits per heavy atom. The standard InChI is InChI=1S/C19H26N4OS/c1-21(2)18(24)12-17-14-25-19(20-17)16-6-4-15(5-7-16)13-23-10-8-22(3)9-11-23/h4-7,14H,8-13H2,1-3H3. The van der Waals surface area contributed by atoms with Crippen molar-refractivity contribution in [3.63, 3.8) is 0 Å². The Bertz CT molecular complexity index is 702. The highest BCUT2D eigenvalue weighted by Crippen LogP contribution is 2.24. The largest absolute Gasteiger partial charge is 0.348 e. The fraction of sp³-hybridized carbons (Fsp3) is 0.474. The summed E-state index contributed by atoms with van der Waals surface area (Å²) in [5.41, 5.74) is 3.31. The summed E-state index contributed by atoms with van der Waals surface area (Å²) >= 11 is 1.60. The lowest BCUT2D eigenvalue weighted by atomic mass is 10.1. The van der Waals surface area contributed by atoms with Gasteiger partial charge in [-0.1, -0.05) is 24.3 Å². The minimum atomic E-state index is 0.0828. The number of aromatic nitrogens is 1. The first kappa shape index (κ1) is 18.0. The molecule has 1 fully saturated rings. The van der Waals surface area contributed by atoms with Crippen LogP contribution in [0.2, 0.25) is 0 Å². The van der Waals surface area contributed by atoms with Crippen LogP contribution in [0, 0.1) is 0 Å². The van der Waals surface area contributed by atoms with Crippen LogP contribution < -0.4 is 0 Å². The van der Waals surface area contributed by atoms with Gasteiger partial charge in [-0.25, -0.2) is 4.98 Å². The first-order valence-electron chi connectivity index (χ1n) is 8.66. The summed E-state index contributed by atoms with van der Waals surface area (Å²) in [6, 6.07) is 8.67. The van der Waals surface area contributed by atoms with Gasteiger partial charge in [-0.3, -0.25) is 9.69 Å². The maximum Gasteiger partial charge on any atom is 0.228 e. The van der Waals surface area contributed by atoms with Crippen LogP contribution in [-0.2, 0) is 17.8 Å². The Hall–Kier alpha value is -1.76. The number of carbonyl (C=O) groups excluding carboxylic acids is 1. The molecule has 0 saturated carbocycles. The number of likely N-dealkylation sites (N-methyl/N-ethyl adjacent to an activating group) is 2. The van der Waals surface area contributed by atoms with Gasteiger partial charge in [-0.05, 0) is 12.6 Å². The molecular formula is C19H26N4OS. The zero-order valence-corrected chi connectivity index (χ0v) is 16.1. The van der Waals surface area contributed by atoms with Crippen molar-refractivity contribution in [3.8, 4) is 10.6 Å². The number of hydrogen-bond donors (Lipinski definition) is 0. The molecule has 2 aromatic rings. The molecule has 6 heteroatoms. The second-order valence-electron chi connectivity index (χ2n) is 6.89. The molecule has 1 aromatic carbocycles. The Balaban J connectivity index is 1.60. The highest BCUT2D eigenvalue weighted by Gasteiger charge is 2.14. The van der Waals surface area contributed by atoms with Gasteiger partial charge in [0.25, 0.3) is 0 Å². The summed E-state index contributed by atoms with van der Waals surface area (Å²) in [5.74, 6) is 0.0828. The summed E-state index contributed by atoms with van der Waals surface area (Å²) in [4.78, 5) is 22.9. The number of benzene rings is 1. The van der Waals surface area contributed by atoms with E-state index >= 15 is 0 Å². The SMILES string of the molecule is CN1CCN(Cc2ccc(-c3nc(CC(=O)N(C)C)cs3)cc2)CC1. The fourth-order valence-corrected chi connectivity index (χ4v) is 3.68. The number of hydrogen-bond acceptors (Lipinski definition) is 5. The molecule has 134 valence electrons.